The van der Waals surface area contributed by atoms with E-state index in [-0.39, 0.29) is 11.3 Å². The molecule has 0 atom stereocenters. The van der Waals surface area contributed by atoms with Crippen LogP contribution < -0.4 is 10.4 Å². The molecule has 0 unspecified atom stereocenters. The maximum absolute atomic E-state index is 12.6. The zero-order valence-corrected chi connectivity index (χ0v) is 13.9. The number of nitrogens with one attached hydrogen (secondary N) is 1. The Hall–Kier alpha value is -3.67. The van der Waals surface area contributed by atoms with Gasteiger partial charge in [-0.25, -0.2) is 0 Å². The van der Waals surface area contributed by atoms with Gasteiger partial charge in [0.15, 0.2) is 0 Å². The normalized spacial score (nSPS) is 10.2. The summed E-state index contributed by atoms with van der Waals surface area (Å²) >= 11 is 0. The van der Waals surface area contributed by atoms with Crippen LogP contribution in [0.15, 0.2) is 84.9 Å². The summed E-state index contributed by atoms with van der Waals surface area (Å²) < 4.78 is 0. The van der Waals surface area contributed by atoms with Crippen LogP contribution in [0.25, 0.3) is 0 Å². The van der Waals surface area contributed by atoms with E-state index in [1.807, 2.05) is 60.7 Å². The Morgan fingerprint density at radius 1 is 0.923 bits per heavy atom. The number of para-hydroxylation sites is 1. The number of nitro groups is 1. The summed E-state index contributed by atoms with van der Waals surface area (Å²) in [4.78, 5) is 23.0. The number of hydrogen-bond donors (Lipinski definition) is 1. The number of benzene rings is 3. The number of non-ortho nitro benzene ring substituents is 1. The first-order valence-electron chi connectivity index (χ1n) is 8.05. The van der Waals surface area contributed by atoms with Gasteiger partial charge in [-0.3, -0.25) is 25.3 Å². The highest BCUT2D eigenvalue weighted by Gasteiger charge is 2.15. The minimum atomic E-state index is -0.518. The summed E-state index contributed by atoms with van der Waals surface area (Å²) in [6.07, 6.45) is 0. The number of hydrazine groups is 1. The number of rotatable bonds is 6. The number of hydrogen-bond acceptors (Lipinski definition) is 4. The molecule has 3 rings (SSSR count). The highest BCUT2D eigenvalue weighted by molar-refractivity contribution is 5.95. The van der Waals surface area contributed by atoms with Gasteiger partial charge in [0, 0.05) is 17.7 Å². The van der Waals surface area contributed by atoms with Gasteiger partial charge in [-0.2, -0.15) is 0 Å². The third-order valence-electron chi connectivity index (χ3n) is 3.81. The quantitative estimate of drug-likeness (QED) is 0.541. The standard InChI is InChI=1S/C20H17N3O3/c24-20(17-10-7-13-19(14-17)23(25)26)21-22(18-11-5-2-6-12-18)15-16-8-3-1-4-9-16/h1-14H,15H2,(H,21,24). The van der Waals surface area contributed by atoms with E-state index >= 15 is 0 Å². The third kappa shape index (κ3) is 4.24. The Morgan fingerprint density at radius 3 is 2.23 bits per heavy atom. The number of amides is 1. The van der Waals surface area contributed by atoms with Crippen LogP contribution in [0.5, 0.6) is 0 Å². The molecule has 0 radical (unpaired) electrons. The fraction of sp³-hybridized carbons (Fsp3) is 0.0500. The van der Waals surface area contributed by atoms with Crippen LogP contribution in [-0.4, -0.2) is 10.8 Å². The predicted octanol–water partition coefficient (Wildman–Crippen LogP) is 3.95. The SMILES string of the molecule is O=C(NN(Cc1ccccc1)c1ccccc1)c1cccc([N+](=O)[O-])c1. The minimum Gasteiger partial charge on any atom is -0.281 e. The van der Waals surface area contributed by atoms with Crippen molar-refractivity contribution in [2.45, 2.75) is 6.54 Å². The highest BCUT2D eigenvalue weighted by atomic mass is 16.6. The molecule has 26 heavy (non-hydrogen) atoms. The second-order valence-electron chi connectivity index (χ2n) is 5.66. The van der Waals surface area contributed by atoms with Gasteiger partial charge in [0.05, 0.1) is 17.2 Å². The lowest BCUT2D eigenvalue weighted by atomic mass is 10.2. The second kappa shape index (κ2) is 7.94. The summed E-state index contributed by atoms with van der Waals surface area (Å²) in [7, 11) is 0. The molecule has 0 saturated heterocycles. The van der Waals surface area contributed by atoms with Crippen molar-refractivity contribution in [1.82, 2.24) is 5.43 Å². The van der Waals surface area contributed by atoms with E-state index in [9.17, 15) is 14.9 Å². The van der Waals surface area contributed by atoms with E-state index in [0.717, 1.165) is 11.3 Å². The van der Waals surface area contributed by atoms with E-state index in [0.29, 0.717) is 6.54 Å². The summed E-state index contributed by atoms with van der Waals surface area (Å²) in [5.41, 5.74) is 4.79. The predicted molar refractivity (Wildman–Crippen MR) is 99.6 cm³/mol. The molecule has 1 N–H and O–H groups in total. The van der Waals surface area contributed by atoms with Crippen molar-refractivity contribution < 1.29 is 9.72 Å². The lowest BCUT2D eigenvalue weighted by molar-refractivity contribution is -0.384. The summed E-state index contributed by atoms with van der Waals surface area (Å²) in [5, 5.41) is 12.6. The molecule has 6 heteroatoms. The van der Waals surface area contributed by atoms with Crippen molar-refractivity contribution in [2.75, 3.05) is 5.01 Å². The zero-order valence-electron chi connectivity index (χ0n) is 13.9. The molecule has 0 spiro atoms. The molecule has 0 saturated carbocycles. The number of nitro benzene ring substituents is 1. The summed E-state index contributed by atoms with van der Waals surface area (Å²) in [6, 6.07) is 24.8. The van der Waals surface area contributed by atoms with E-state index in [1.54, 1.807) is 11.1 Å². The molecule has 3 aromatic carbocycles. The number of carbonyl (C=O) groups is 1. The molecule has 0 aliphatic heterocycles. The first-order chi connectivity index (χ1) is 12.6. The van der Waals surface area contributed by atoms with Gasteiger partial charge in [0.25, 0.3) is 11.6 Å². The third-order valence-corrected chi connectivity index (χ3v) is 3.81. The average molecular weight is 347 g/mol. The summed E-state index contributed by atoms with van der Waals surface area (Å²) in [6.45, 7) is 0.464. The van der Waals surface area contributed by atoms with Crippen LogP contribution in [0.2, 0.25) is 0 Å². The number of carbonyl (C=O) groups excluding carboxylic acids is 1. The molecule has 1 amide bonds. The van der Waals surface area contributed by atoms with Crippen LogP contribution in [0.4, 0.5) is 11.4 Å². The first kappa shape index (κ1) is 17.2. The highest BCUT2D eigenvalue weighted by Crippen LogP contribution is 2.17. The maximum atomic E-state index is 12.6. The maximum Gasteiger partial charge on any atom is 0.270 e. The largest absolute Gasteiger partial charge is 0.281 e. The van der Waals surface area contributed by atoms with Gasteiger partial charge < -0.3 is 0 Å². The molecule has 0 aromatic heterocycles. The number of nitrogens with zero attached hydrogens (tertiary/aromatic N) is 2. The van der Waals surface area contributed by atoms with Gasteiger partial charge in [-0.15, -0.1) is 0 Å². The monoisotopic (exact) mass is 347 g/mol. The Balaban J connectivity index is 1.84. The topological polar surface area (TPSA) is 75.5 Å². The molecule has 0 heterocycles. The van der Waals surface area contributed by atoms with E-state index in [1.165, 1.54) is 18.2 Å². The van der Waals surface area contributed by atoms with Crippen LogP contribution in [0.3, 0.4) is 0 Å². The van der Waals surface area contributed by atoms with Crippen LogP contribution in [-0.2, 0) is 6.54 Å². The zero-order chi connectivity index (χ0) is 18.4. The molecule has 0 aliphatic rings. The Morgan fingerprint density at radius 2 is 1.58 bits per heavy atom. The van der Waals surface area contributed by atoms with Gasteiger partial charge >= 0.3 is 0 Å². The molecule has 130 valence electrons. The fourth-order valence-corrected chi connectivity index (χ4v) is 2.52. The lowest BCUT2D eigenvalue weighted by Crippen LogP contribution is -2.42. The van der Waals surface area contributed by atoms with Gasteiger partial charge in [-0.05, 0) is 23.8 Å². The van der Waals surface area contributed by atoms with Gasteiger partial charge in [0.2, 0.25) is 0 Å². The molecule has 6 nitrogen and oxygen atoms in total. The molecule has 0 aliphatic carbocycles. The van der Waals surface area contributed by atoms with Crippen molar-refractivity contribution >= 4 is 17.3 Å². The Bertz CT molecular complexity index is 898. The average Bonchev–Trinajstić information content (AvgIpc) is 2.69. The van der Waals surface area contributed by atoms with Crippen molar-refractivity contribution in [3.63, 3.8) is 0 Å². The second-order valence-corrected chi connectivity index (χ2v) is 5.66. The minimum absolute atomic E-state index is 0.119. The van der Waals surface area contributed by atoms with Gasteiger partial charge in [0.1, 0.15) is 0 Å². The Labute approximate surface area is 150 Å². The molecule has 0 fully saturated rings. The Kier molecular flexibility index (Phi) is 5.24. The van der Waals surface area contributed by atoms with Crippen LogP contribution in [0.1, 0.15) is 15.9 Å². The van der Waals surface area contributed by atoms with Crippen molar-refractivity contribution in [1.29, 1.82) is 0 Å². The number of anilines is 1. The van der Waals surface area contributed by atoms with Crippen LogP contribution >= 0.6 is 0 Å². The summed E-state index contributed by atoms with van der Waals surface area (Å²) in [5.74, 6) is -0.409. The van der Waals surface area contributed by atoms with Crippen molar-refractivity contribution in [3.8, 4) is 0 Å². The van der Waals surface area contributed by atoms with Crippen molar-refractivity contribution in [3.05, 3.63) is 106 Å². The lowest BCUT2D eigenvalue weighted by Gasteiger charge is -2.25. The van der Waals surface area contributed by atoms with E-state index in [2.05, 4.69) is 5.43 Å². The van der Waals surface area contributed by atoms with Crippen molar-refractivity contribution in [2.24, 2.45) is 0 Å². The molecule has 3 aromatic rings. The van der Waals surface area contributed by atoms with E-state index < -0.39 is 10.8 Å². The van der Waals surface area contributed by atoms with Gasteiger partial charge in [-0.1, -0.05) is 54.6 Å². The first-order valence-corrected chi connectivity index (χ1v) is 8.05. The van der Waals surface area contributed by atoms with Crippen LogP contribution in [0, 0.1) is 10.1 Å². The molecular weight excluding hydrogens is 330 g/mol. The molecular formula is C20H17N3O3. The fourth-order valence-electron chi connectivity index (χ4n) is 2.52. The molecule has 0 bridgehead atoms. The smallest absolute Gasteiger partial charge is 0.270 e. The van der Waals surface area contributed by atoms with E-state index in [4.69, 9.17) is 0 Å².